The Kier molecular flexibility index (Phi) is 4.76. The van der Waals surface area contributed by atoms with Gasteiger partial charge in [-0.3, -0.25) is 0 Å². The predicted octanol–water partition coefficient (Wildman–Crippen LogP) is 4.14. The van der Waals surface area contributed by atoms with Crippen molar-refractivity contribution < 1.29 is 0 Å². The molecule has 0 aliphatic rings. The van der Waals surface area contributed by atoms with E-state index < -0.39 is 0 Å². The molecule has 0 fully saturated rings. The zero-order valence-corrected chi connectivity index (χ0v) is 12.7. The second kappa shape index (κ2) is 6.13. The van der Waals surface area contributed by atoms with E-state index in [0.717, 1.165) is 28.5 Å². The highest BCUT2D eigenvalue weighted by Crippen LogP contribution is 2.24. The first kappa shape index (κ1) is 14.0. The van der Waals surface area contributed by atoms with Crippen LogP contribution < -0.4 is 0 Å². The van der Waals surface area contributed by atoms with Crippen molar-refractivity contribution in [2.45, 2.75) is 25.8 Å². The van der Waals surface area contributed by atoms with E-state index >= 15 is 0 Å². The zero-order valence-electron chi connectivity index (χ0n) is 10.4. The van der Waals surface area contributed by atoms with Crippen LogP contribution in [0.2, 0.25) is 5.02 Å². The summed E-state index contributed by atoms with van der Waals surface area (Å²) in [6, 6.07) is 2.15. The molecule has 6 heteroatoms. The third-order valence-electron chi connectivity index (χ3n) is 2.69. The van der Waals surface area contributed by atoms with E-state index in [9.17, 15) is 0 Å². The molecular formula is C12H15Cl2N3S. The van der Waals surface area contributed by atoms with Gasteiger partial charge in [-0.25, -0.2) is 9.97 Å². The van der Waals surface area contributed by atoms with Crippen LogP contribution in [0.1, 0.15) is 25.7 Å². The Morgan fingerprint density at radius 3 is 2.94 bits per heavy atom. The summed E-state index contributed by atoms with van der Waals surface area (Å²) in [6.45, 7) is 4.32. The Morgan fingerprint density at radius 2 is 2.28 bits per heavy atom. The van der Waals surface area contributed by atoms with Crippen LogP contribution in [-0.2, 0) is 5.88 Å². The summed E-state index contributed by atoms with van der Waals surface area (Å²) in [5.74, 6) is 3.36. The molecule has 0 bridgehead atoms. The van der Waals surface area contributed by atoms with Crippen LogP contribution >= 0.6 is 35.0 Å². The monoisotopic (exact) mass is 303 g/mol. The van der Waals surface area contributed by atoms with Crippen molar-refractivity contribution >= 4 is 46.1 Å². The maximum absolute atomic E-state index is 5.97. The molecule has 1 atom stereocenters. The molecule has 2 aromatic rings. The third-order valence-corrected chi connectivity index (χ3v) is 4.27. The fourth-order valence-corrected chi connectivity index (χ4v) is 2.99. The molecule has 2 rings (SSSR count). The lowest BCUT2D eigenvalue weighted by atomic mass is 10.3. The van der Waals surface area contributed by atoms with Gasteiger partial charge >= 0.3 is 0 Å². The number of nitrogens with zero attached hydrogens (tertiary/aromatic N) is 3. The average Bonchev–Trinajstić information content (AvgIpc) is 2.73. The van der Waals surface area contributed by atoms with Gasteiger partial charge in [0, 0.05) is 18.0 Å². The molecule has 0 radical (unpaired) electrons. The number of fused-ring (bicyclic) bond motifs is 1. The molecule has 98 valence electrons. The minimum Gasteiger partial charge on any atom is -0.308 e. The molecule has 0 aliphatic heterocycles. The summed E-state index contributed by atoms with van der Waals surface area (Å²) in [6.07, 6.45) is 1.65. The Balaban J connectivity index is 2.46. The van der Waals surface area contributed by atoms with E-state index in [4.69, 9.17) is 23.2 Å². The lowest BCUT2D eigenvalue weighted by Gasteiger charge is -2.15. The topological polar surface area (TPSA) is 30.7 Å². The van der Waals surface area contributed by atoms with Crippen molar-refractivity contribution in [3.8, 4) is 0 Å². The lowest BCUT2D eigenvalue weighted by molar-refractivity contribution is 0.601. The van der Waals surface area contributed by atoms with Gasteiger partial charge in [0.15, 0.2) is 5.65 Å². The first-order valence-electron chi connectivity index (χ1n) is 5.83. The minimum atomic E-state index is 0.322. The highest BCUT2D eigenvalue weighted by atomic mass is 35.5. The molecule has 0 saturated carbocycles. The van der Waals surface area contributed by atoms with Crippen LogP contribution in [0.5, 0.6) is 0 Å². The second-order valence-corrected chi connectivity index (χ2v) is 6.06. The number of thioether (sulfide) groups is 1. The van der Waals surface area contributed by atoms with Gasteiger partial charge in [-0.1, -0.05) is 18.5 Å². The molecular weight excluding hydrogens is 289 g/mol. The largest absolute Gasteiger partial charge is 0.308 e. The van der Waals surface area contributed by atoms with E-state index in [2.05, 4.69) is 28.4 Å². The van der Waals surface area contributed by atoms with Crippen molar-refractivity contribution in [1.29, 1.82) is 0 Å². The normalized spacial score (nSPS) is 13.1. The zero-order chi connectivity index (χ0) is 13.1. The third kappa shape index (κ3) is 2.76. The van der Waals surface area contributed by atoms with Crippen molar-refractivity contribution in [1.82, 2.24) is 14.5 Å². The van der Waals surface area contributed by atoms with Crippen LogP contribution in [0.15, 0.2) is 12.3 Å². The Hall–Kier alpha value is -0.450. The highest BCUT2D eigenvalue weighted by Gasteiger charge is 2.16. The SMILES string of the molecule is CCSCC(C)n1c(CCl)nc2cc(Cl)cnc21. The van der Waals surface area contributed by atoms with Gasteiger partial charge in [0.25, 0.3) is 0 Å². The summed E-state index contributed by atoms with van der Waals surface area (Å²) < 4.78 is 2.11. The van der Waals surface area contributed by atoms with E-state index in [0.29, 0.717) is 16.9 Å². The lowest BCUT2D eigenvalue weighted by Crippen LogP contribution is -2.11. The minimum absolute atomic E-state index is 0.322. The standard InChI is InChI=1S/C12H15Cl2N3S/c1-3-18-7-8(2)17-11(5-13)16-10-4-9(14)6-15-12(10)17/h4,6,8H,3,5,7H2,1-2H3. The summed E-state index contributed by atoms with van der Waals surface area (Å²) >= 11 is 13.8. The quantitative estimate of drug-likeness (QED) is 0.778. The number of alkyl halides is 1. The fraction of sp³-hybridized carbons (Fsp3) is 0.500. The molecule has 1 unspecified atom stereocenters. The van der Waals surface area contributed by atoms with E-state index in [1.165, 1.54) is 0 Å². The molecule has 2 aromatic heterocycles. The number of imidazole rings is 1. The molecule has 0 aliphatic carbocycles. The highest BCUT2D eigenvalue weighted by molar-refractivity contribution is 7.99. The van der Waals surface area contributed by atoms with Crippen LogP contribution in [0, 0.1) is 0 Å². The summed E-state index contributed by atoms with van der Waals surface area (Å²) in [5, 5.41) is 0.601. The number of aromatic nitrogens is 3. The van der Waals surface area contributed by atoms with Gasteiger partial charge in [0.1, 0.15) is 11.3 Å². The van der Waals surface area contributed by atoms with Gasteiger partial charge in [0.05, 0.1) is 10.9 Å². The first-order chi connectivity index (χ1) is 8.67. The summed E-state index contributed by atoms with van der Waals surface area (Å²) in [7, 11) is 0. The first-order valence-corrected chi connectivity index (χ1v) is 7.90. The number of pyridine rings is 1. The van der Waals surface area contributed by atoms with Crippen molar-refractivity contribution in [3.63, 3.8) is 0 Å². The Labute approximate surface area is 121 Å². The van der Waals surface area contributed by atoms with Crippen LogP contribution in [0.25, 0.3) is 11.2 Å². The maximum atomic E-state index is 5.97. The molecule has 0 amide bonds. The molecule has 2 heterocycles. The Bertz CT molecular complexity index is 541. The van der Waals surface area contributed by atoms with Gasteiger partial charge < -0.3 is 4.57 Å². The summed E-state index contributed by atoms with van der Waals surface area (Å²) in [4.78, 5) is 8.88. The smallest absolute Gasteiger partial charge is 0.160 e. The average molecular weight is 304 g/mol. The van der Waals surface area contributed by atoms with Gasteiger partial charge in [-0.15, -0.1) is 11.6 Å². The number of hydrogen-bond acceptors (Lipinski definition) is 3. The van der Waals surface area contributed by atoms with Crippen molar-refractivity contribution in [2.75, 3.05) is 11.5 Å². The number of halogens is 2. The molecule has 0 spiro atoms. The van der Waals surface area contributed by atoms with Gasteiger partial charge in [0.2, 0.25) is 0 Å². The van der Waals surface area contributed by atoms with Gasteiger partial charge in [-0.05, 0) is 18.7 Å². The van der Waals surface area contributed by atoms with Gasteiger partial charge in [-0.2, -0.15) is 11.8 Å². The number of hydrogen-bond donors (Lipinski definition) is 0. The fourth-order valence-electron chi connectivity index (χ4n) is 1.92. The Morgan fingerprint density at radius 1 is 1.50 bits per heavy atom. The van der Waals surface area contributed by atoms with Crippen LogP contribution in [-0.4, -0.2) is 26.0 Å². The van der Waals surface area contributed by atoms with Crippen molar-refractivity contribution in [3.05, 3.63) is 23.1 Å². The maximum Gasteiger partial charge on any atom is 0.160 e. The second-order valence-electron chi connectivity index (χ2n) is 4.04. The van der Waals surface area contributed by atoms with E-state index in [-0.39, 0.29) is 0 Å². The summed E-state index contributed by atoms with van der Waals surface area (Å²) in [5.41, 5.74) is 1.67. The molecule has 0 aromatic carbocycles. The predicted molar refractivity (Wildman–Crippen MR) is 79.8 cm³/mol. The van der Waals surface area contributed by atoms with Crippen molar-refractivity contribution in [2.24, 2.45) is 0 Å². The van der Waals surface area contributed by atoms with E-state index in [1.54, 1.807) is 6.20 Å². The molecule has 3 nitrogen and oxygen atoms in total. The molecule has 0 N–H and O–H groups in total. The number of rotatable bonds is 5. The molecule has 18 heavy (non-hydrogen) atoms. The van der Waals surface area contributed by atoms with Crippen LogP contribution in [0.4, 0.5) is 0 Å². The molecule has 0 saturated heterocycles. The van der Waals surface area contributed by atoms with E-state index in [1.807, 2.05) is 17.8 Å². The van der Waals surface area contributed by atoms with Crippen LogP contribution in [0.3, 0.4) is 0 Å².